The summed E-state index contributed by atoms with van der Waals surface area (Å²) in [6, 6.07) is 7.82. The van der Waals surface area contributed by atoms with E-state index in [1.807, 2.05) is 37.4 Å². The van der Waals surface area contributed by atoms with Gasteiger partial charge in [-0.2, -0.15) is 0 Å². The summed E-state index contributed by atoms with van der Waals surface area (Å²) in [6.45, 7) is 6.16. The first-order chi connectivity index (χ1) is 8.02. The summed E-state index contributed by atoms with van der Waals surface area (Å²) in [5.41, 5.74) is 0.816. The minimum Gasteiger partial charge on any atom is -0.335 e. The topological polar surface area (TPSA) is 41.1 Å². The Bertz CT molecular complexity index is 362. The van der Waals surface area contributed by atoms with Crippen LogP contribution in [0.3, 0.4) is 0 Å². The summed E-state index contributed by atoms with van der Waals surface area (Å²) >= 11 is 1.68. The number of urea groups is 1. The molecule has 0 aliphatic carbocycles. The van der Waals surface area contributed by atoms with Crippen LogP contribution < -0.4 is 10.6 Å². The van der Waals surface area contributed by atoms with Crippen LogP contribution in [-0.4, -0.2) is 18.3 Å². The highest BCUT2D eigenvalue weighted by molar-refractivity contribution is 7.98. The van der Waals surface area contributed by atoms with Gasteiger partial charge in [0.15, 0.2) is 0 Å². The van der Waals surface area contributed by atoms with Crippen LogP contribution in [0.4, 0.5) is 10.5 Å². The van der Waals surface area contributed by atoms with Gasteiger partial charge in [-0.3, -0.25) is 0 Å². The highest BCUT2D eigenvalue weighted by Gasteiger charge is 2.10. The molecule has 0 aromatic heterocycles. The Balaban J connectivity index is 2.50. The monoisotopic (exact) mass is 252 g/mol. The zero-order chi connectivity index (χ0) is 12.8. The van der Waals surface area contributed by atoms with Crippen LogP contribution in [0.25, 0.3) is 0 Å². The van der Waals surface area contributed by atoms with E-state index in [1.54, 1.807) is 11.8 Å². The maximum Gasteiger partial charge on any atom is 0.319 e. The Labute approximate surface area is 107 Å². The van der Waals surface area contributed by atoms with Crippen LogP contribution in [0, 0.1) is 5.92 Å². The van der Waals surface area contributed by atoms with E-state index < -0.39 is 0 Å². The molecule has 0 saturated heterocycles. The standard InChI is InChI=1S/C13H20N2OS/c1-9(2)10(3)14-13(16)15-11-5-7-12(17-4)8-6-11/h5-10H,1-4H3,(H2,14,15,16). The summed E-state index contributed by atoms with van der Waals surface area (Å²) in [5.74, 6) is 0.430. The zero-order valence-corrected chi connectivity index (χ0v) is 11.6. The predicted octanol–water partition coefficient (Wildman–Crippen LogP) is 3.57. The van der Waals surface area contributed by atoms with Crippen molar-refractivity contribution in [3.05, 3.63) is 24.3 Å². The molecule has 1 atom stereocenters. The number of carbonyl (C=O) groups excluding carboxylic acids is 1. The molecule has 0 heterocycles. The van der Waals surface area contributed by atoms with Crippen molar-refractivity contribution in [2.24, 2.45) is 5.92 Å². The first-order valence-corrected chi connectivity index (χ1v) is 6.97. The van der Waals surface area contributed by atoms with Crippen molar-refractivity contribution in [3.8, 4) is 0 Å². The van der Waals surface area contributed by atoms with E-state index in [0.29, 0.717) is 5.92 Å². The Kier molecular flexibility index (Phi) is 5.35. The highest BCUT2D eigenvalue weighted by atomic mass is 32.2. The second kappa shape index (κ2) is 6.55. The minimum atomic E-state index is -0.150. The van der Waals surface area contributed by atoms with Gasteiger partial charge in [0.2, 0.25) is 0 Å². The van der Waals surface area contributed by atoms with Crippen molar-refractivity contribution in [2.45, 2.75) is 31.7 Å². The molecule has 0 fully saturated rings. The molecule has 4 heteroatoms. The number of nitrogens with one attached hydrogen (secondary N) is 2. The van der Waals surface area contributed by atoms with Gasteiger partial charge in [-0.25, -0.2) is 4.79 Å². The number of hydrogen-bond donors (Lipinski definition) is 2. The van der Waals surface area contributed by atoms with E-state index in [0.717, 1.165) is 5.69 Å². The molecule has 1 aromatic rings. The van der Waals surface area contributed by atoms with Crippen LogP contribution in [0.1, 0.15) is 20.8 Å². The third-order valence-electron chi connectivity index (χ3n) is 2.71. The first-order valence-electron chi connectivity index (χ1n) is 5.74. The average Bonchev–Trinajstić information content (AvgIpc) is 2.29. The highest BCUT2D eigenvalue weighted by Crippen LogP contribution is 2.17. The Morgan fingerprint density at radius 3 is 2.24 bits per heavy atom. The molecule has 0 bridgehead atoms. The summed E-state index contributed by atoms with van der Waals surface area (Å²) in [7, 11) is 0. The molecule has 0 aliphatic rings. The Morgan fingerprint density at radius 2 is 1.76 bits per heavy atom. The predicted molar refractivity (Wildman–Crippen MR) is 74.7 cm³/mol. The SMILES string of the molecule is CSc1ccc(NC(=O)NC(C)C(C)C)cc1. The lowest BCUT2D eigenvalue weighted by Crippen LogP contribution is -2.38. The van der Waals surface area contributed by atoms with Crippen molar-refractivity contribution in [1.29, 1.82) is 0 Å². The van der Waals surface area contributed by atoms with Crippen molar-refractivity contribution in [1.82, 2.24) is 5.32 Å². The molecule has 0 aliphatic heterocycles. The van der Waals surface area contributed by atoms with Gasteiger partial charge >= 0.3 is 6.03 Å². The number of hydrogen-bond acceptors (Lipinski definition) is 2. The van der Waals surface area contributed by atoms with Crippen molar-refractivity contribution in [3.63, 3.8) is 0 Å². The number of thioether (sulfide) groups is 1. The van der Waals surface area contributed by atoms with Gasteiger partial charge in [-0.1, -0.05) is 13.8 Å². The van der Waals surface area contributed by atoms with E-state index >= 15 is 0 Å². The van der Waals surface area contributed by atoms with E-state index in [4.69, 9.17) is 0 Å². The second-order valence-electron chi connectivity index (χ2n) is 4.36. The van der Waals surface area contributed by atoms with E-state index in [2.05, 4.69) is 24.5 Å². The van der Waals surface area contributed by atoms with Gasteiger partial charge in [-0.05, 0) is 43.4 Å². The fourth-order valence-corrected chi connectivity index (χ4v) is 1.62. The molecular formula is C13H20N2OS. The molecule has 1 rings (SSSR count). The smallest absolute Gasteiger partial charge is 0.319 e. The summed E-state index contributed by atoms with van der Waals surface area (Å²) in [6.07, 6.45) is 2.03. The molecule has 17 heavy (non-hydrogen) atoms. The van der Waals surface area contributed by atoms with Gasteiger partial charge in [0.05, 0.1) is 0 Å². The van der Waals surface area contributed by atoms with Crippen LogP contribution >= 0.6 is 11.8 Å². The second-order valence-corrected chi connectivity index (χ2v) is 5.24. The molecule has 1 unspecified atom stereocenters. The van der Waals surface area contributed by atoms with E-state index in [1.165, 1.54) is 4.90 Å². The summed E-state index contributed by atoms with van der Waals surface area (Å²) in [5, 5.41) is 5.72. The van der Waals surface area contributed by atoms with Crippen molar-refractivity contribution < 1.29 is 4.79 Å². The van der Waals surface area contributed by atoms with Gasteiger partial charge < -0.3 is 10.6 Å². The number of amides is 2. The molecule has 1 aromatic carbocycles. The van der Waals surface area contributed by atoms with Crippen LogP contribution in [0.2, 0.25) is 0 Å². The first kappa shape index (κ1) is 13.9. The minimum absolute atomic E-state index is 0.150. The average molecular weight is 252 g/mol. The maximum absolute atomic E-state index is 11.7. The van der Waals surface area contributed by atoms with Crippen molar-refractivity contribution in [2.75, 3.05) is 11.6 Å². The maximum atomic E-state index is 11.7. The van der Waals surface area contributed by atoms with E-state index in [-0.39, 0.29) is 12.1 Å². The lowest BCUT2D eigenvalue weighted by Gasteiger charge is -2.17. The third kappa shape index (κ3) is 4.69. The zero-order valence-electron chi connectivity index (χ0n) is 10.8. The number of benzene rings is 1. The van der Waals surface area contributed by atoms with Crippen LogP contribution in [0.5, 0.6) is 0 Å². The third-order valence-corrected chi connectivity index (χ3v) is 3.45. The molecule has 0 saturated carbocycles. The molecule has 0 radical (unpaired) electrons. The molecule has 0 spiro atoms. The summed E-state index contributed by atoms with van der Waals surface area (Å²) in [4.78, 5) is 12.8. The van der Waals surface area contributed by atoms with Gasteiger partial charge in [0.1, 0.15) is 0 Å². The Morgan fingerprint density at radius 1 is 1.18 bits per heavy atom. The number of carbonyl (C=O) groups is 1. The molecule has 2 N–H and O–H groups in total. The molecule has 2 amide bonds. The lowest BCUT2D eigenvalue weighted by molar-refractivity contribution is 0.246. The van der Waals surface area contributed by atoms with Crippen LogP contribution in [-0.2, 0) is 0 Å². The normalized spacial score (nSPS) is 12.3. The fraction of sp³-hybridized carbons (Fsp3) is 0.462. The Hall–Kier alpha value is -1.16. The molecule has 3 nitrogen and oxygen atoms in total. The molecule has 94 valence electrons. The van der Waals surface area contributed by atoms with Gasteiger partial charge in [0.25, 0.3) is 0 Å². The largest absolute Gasteiger partial charge is 0.335 e. The molecular weight excluding hydrogens is 232 g/mol. The number of anilines is 1. The van der Waals surface area contributed by atoms with E-state index in [9.17, 15) is 4.79 Å². The van der Waals surface area contributed by atoms with Crippen molar-refractivity contribution >= 4 is 23.5 Å². The lowest BCUT2D eigenvalue weighted by atomic mass is 10.1. The quantitative estimate of drug-likeness (QED) is 0.804. The van der Waals surface area contributed by atoms with Gasteiger partial charge in [0, 0.05) is 16.6 Å². The van der Waals surface area contributed by atoms with Gasteiger partial charge in [-0.15, -0.1) is 11.8 Å². The summed E-state index contributed by atoms with van der Waals surface area (Å²) < 4.78 is 0. The fourth-order valence-electron chi connectivity index (χ4n) is 1.21. The number of rotatable bonds is 4. The van der Waals surface area contributed by atoms with Crippen LogP contribution in [0.15, 0.2) is 29.2 Å².